The predicted molar refractivity (Wildman–Crippen MR) is 80.8 cm³/mol. The Morgan fingerprint density at radius 1 is 1.26 bits per heavy atom. The Kier molecular flexibility index (Phi) is 5.84. The number of nitrogens with two attached hydrogens (primary N) is 1. The van der Waals surface area contributed by atoms with Crippen LogP contribution in [-0.4, -0.2) is 18.0 Å². The van der Waals surface area contributed by atoms with Gasteiger partial charge in [0.1, 0.15) is 0 Å². The monoisotopic (exact) mass is 268 g/mol. The largest absolute Gasteiger partial charge is 0.352 e. The van der Waals surface area contributed by atoms with Crippen LogP contribution >= 0.6 is 0 Å². The van der Waals surface area contributed by atoms with Crippen molar-refractivity contribution in [3.05, 3.63) is 0 Å². The van der Waals surface area contributed by atoms with Crippen molar-refractivity contribution in [3.8, 4) is 0 Å². The molecular formula is C16H32N2O. The minimum Gasteiger partial charge on any atom is -0.352 e. The second-order valence-corrected chi connectivity index (χ2v) is 7.17. The van der Waals surface area contributed by atoms with E-state index in [0.717, 1.165) is 18.8 Å². The molecular weight excluding hydrogens is 236 g/mol. The molecule has 0 radical (unpaired) electrons. The first-order valence-corrected chi connectivity index (χ1v) is 7.84. The normalized spacial score (nSPS) is 26.3. The lowest BCUT2D eigenvalue weighted by molar-refractivity contribution is -0.124. The van der Waals surface area contributed by atoms with Gasteiger partial charge >= 0.3 is 0 Å². The van der Waals surface area contributed by atoms with Gasteiger partial charge in [-0.3, -0.25) is 4.79 Å². The Balaban J connectivity index is 2.41. The van der Waals surface area contributed by atoms with E-state index in [2.05, 4.69) is 26.1 Å². The van der Waals surface area contributed by atoms with E-state index in [1.54, 1.807) is 0 Å². The summed E-state index contributed by atoms with van der Waals surface area (Å²) in [6.45, 7) is 11.0. The van der Waals surface area contributed by atoms with Gasteiger partial charge in [-0.05, 0) is 42.9 Å². The molecule has 0 bridgehead atoms. The van der Waals surface area contributed by atoms with E-state index in [9.17, 15) is 4.79 Å². The lowest BCUT2D eigenvalue weighted by atomic mass is 9.69. The summed E-state index contributed by atoms with van der Waals surface area (Å²) in [5, 5.41) is 3.13. The predicted octanol–water partition coefficient (Wildman–Crippen LogP) is 3.08. The molecule has 1 aliphatic carbocycles. The third kappa shape index (κ3) is 4.48. The molecule has 0 spiro atoms. The van der Waals surface area contributed by atoms with Crippen LogP contribution in [0.2, 0.25) is 0 Å². The number of rotatable bonds is 5. The van der Waals surface area contributed by atoms with Crippen molar-refractivity contribution in [2.75, 3.05) is 0 Å². The molecule has 1 saturated carbocycles. The quantitative estimate of drug-likeness (QED) is 0.805. The Labute approximate surface area is 118 Å². The van der Waals surface area contributed by atoms with Gasteiger partial charge in [-0.1, -0.05) is 41.0 Å². The summed E-state index contributed by atoms with van der Waals surface area (Å²) < 4.78 is 0. The first-order chi connectivity index (χ1) is 8.77. The van der Waals surface area contributed by atoms with Gasteiger partial charge in [0.25, 0.3) is 0 Å². The lowest BCUT2D eigenvalue weighted by Gasteiger charge is -2.39. The summed E-state index contributed by atoms with van der Waals surface area (Å²) in [6, 6.07) is -0.0361. The Morgan fingerprint density at radius 2 is 1.79 bits per heavy atom. The Hall–Kier alpha value is -0.570. The highest BCUT2D eigenvalue weighted by atomic mass is 16.2. The Bertz CT molecular complexity index is 291. The topological polar surface area (TPSA) is 55.1 Å². The fraction of sp³-hybridized carbons (Fsp3) is 0.938. The van der Waals surface area contributed by atoms with Crippen LogP contribution in [-0.2, 0) is 4.79 Å². The molecule has 0 saturated heterocycles. The first-order valence-electron chi connectivity index (χ1n) is 7.84. The molecule has 0 unspecified atom stereocenters. The van der Waals surface area contributed by atoms with Crippen molar-refractivity contribution in [2.45, 2.75) is 78.8 Å². The SMILES string of the molecule is CCC(C)(C)C1CCC(NC(=O)[C@H](N)C(C)C)CC1. The number of carbonyl (C=O) groups is 1. The molecule has 0 aromatic carbocycles. The fourth-order valence-corrected chi connectivity index (χ4v) is 2.91. The fourth-order valence-electron chi connectivity index (χ4n) is 2.91. The molecule has 3 N–H and O–H groups in total. The van der Waals surface area contributed by atoms with Crippen molar-refractivity contribution in [1.29, 1.82) is 0 Å². The van der Waals surface area contributed by atoms with Gasteiger partial charge in [-0.2, -0.15) is 0 Å². The molecule has 1 fully saturated rings. The molecule has 0 aromatic heterocycles. The second kappa shape index (κ2) is 6.74. The smallest absolute Gasteiger partial charge is 0.237 e. The maximum atomic E-state index is 12.0. The molecule has 3 nitrogen and oxygen atoms in total. The molecule has 1 rings (SSSR count). The van der Waals surface area contributed by atoms with Crippen LogP contribution in [0.3, 0.4) is 0 Å². The van der Waals surface area contributed by atoms with Crippen molar-refractivity contribution < 1.29 is 4.79 Å². The van der Waals surface area contributed by atoms with Gasteiger partial charge in [-0.15, -0.1) is 0 Å². The molecule has 1 atom stereocenters. The number of carbonyl (C=O) groups excluding carboxylic acids is 1. The van der Waals surface area contributed by atoms with Crippen molar-refractivity contribution >= 4 is 5.91 Å². The van der Waals surface area contributed by atoms with E-state index in [0.29, 0.717) is 11.5 Å². The molecule has 1 amide bonds. The van der Waals surface area contributed by atoms with Crippen molar-refractivity contribution in [1.82, 2.24) is 5.32 Å². The van der Waals surface area contributed by atoms with Gasteiger partial charge in [0.15, 0.2) is 0 Å². The zero-order chi connectivity index (χ0) is 14.6. The molecule has 0 heterocycles. The summed E-state index contributed by atoms with van der Waals surface area (Å²) in [5.41, 5.74) is 6.32. The van der Waals surface area contributed by atoms with E-state index in [1.807, 2.05) is 13.8 Å². The number of amides is 1. The molecule has 3 heteroatoms. The average molecular weight is 268 g/mol. The van der Waals surface area contributed by atoms with E-state index in [-0.39, 0.29) is 17.9 Å². The van der Waals surface area contributed by atoms with Crippen molar-refractivity contribution in [3.63, 3.8) is 0 Å². The average Bonchev–Trinajstić information content (AvgIpc) is 2.38. The lowest BCUT2D eigenvalue weighted by Crippen LogP contribution is -2.49. The summed E-state index contributed by atoms with van der Waals surface area (Å²) in [4.78, 5) is 12.0. The zero-order valence-electron chi connectivity index (χ0n) is 13.3. The van der Waals surface area contributed by atoms with Crippen LogP contribution in [0.15, 0.2) is 0 Å². The molecule has 0 aliphatic heterocycles. The van der Waals surface area contributed by atoms with Gasteiger partial charge in [0, 0.05) is 6.04 Å². The summed E-state index contributed by atoms with van der Waals surface area (Å²) >= 11 is 0. The van der Waals surface area contributed by atoms with Gasteiger partial charge in [-0.25, -0.2) is 0 Å². The van der Waals surface area contributed by atoms with E-state index < -0.39 is 0 Å². The second-order valence-electron chi connectivity index (χ2n) is 7.17. The van der Waals surface area contributed by atoms with Crippen LogP contribution in [0, 0.1) is 17.3 Å². The number of nitrogens with one attached hydrogen (secondary N) is 1. The Morgan fingerprint density at radius 3 is 2.21 bits per heavy atom. The maximum Gasteiger partial charge on any atom is 0.237 e. The van der Waals surface area contributed by atoms with E-state index >= 15 is 0 Å². The van der Waals surface area contributed by atoms with Crippen LogP contribution in [0.25, 0.3) is 0 Å². The number of hydrogen-bond acceptors (Lipinski definition) is 2. The highest BCUT2D eigenvalue weighted by Crippen LogP contribution is 2.40. The minimum absolute atomic E-state index is 0.0215. The maximum absolute atomic E-state index is 12.0. The van der Waals surface area contributed by atoms with Gasteiger partial charge in [0.05, 0.1) is 6.04 Å². The van der Waals surface area contributed by atoms with Gasteiger partial charge < -0.3 is 11.1 Å². The van der Waals surface area contributed by atoms with Crippen molar-refractivity contribution in [2.24, 2.45) is 23.0 Å². The standard InChI is InChI=1S/C16H32N2O/c1-6-16(4,5)12-7-9-13(10-8-12)18-15(19)14(17)11(2)3/h11-14H,6-10,17H2,1-5H3,(H,18,19)/t12?,13?,14-/m1/s1. The van der Waals surface area contributed by atoms with Crippen LogP contribution < -0.4 is 11.1 Å². The highest BCUT2D eigenvalue weighted by molar-refractivity contribution is 5.82. The third-order valence-electron chi connectivity index (χ3n) is 5.11. The third-order valence-corrected chi connectivity index (χ3v) is 5.11. The summed E-state index contributed by atoms with van der Waals surface area (Å²) in [5.74, 6) is 1.02. The molecule has 0 aromatic rings. The minimum atomic E-state index is -0.371. The highest BCUT2D eigenvalue weighted by Gasteiger charge is 2.32. The molecule has 112 valence electrons. The summed E-state index contributed by atoms with van der Waals surface area (Å²) in [7, 11) is 0. The number of hydrogen-bond donors (Lipinski definition) is 2. The van der Waals surface area contributed by atoms with E-state index in [1.165, 1.54) is 19.3 Å². The van der Waals surface area contributed by atoms with Crippen LogP contribution in [0.1, 0.15) is 66.7 Å². The molecule has 19 heavy (non-hydrogen) atoms. The van der Waals surface area contributed by atoms with Gasteiger partial charge in [0.2, 0.25) is 5.91 Å². The van der Waals surface area contributed by atoms with E-state index in [4.69, 9.17) is 5.73 Å². The zero-order valence-corrected chi connectivity index (χ0v) is 13.3. The molecule has 1 aliphatic rings. The summed E-state index contributed by atoms with van der Waals surface area (Å²) in [6.07, 6.45) is 5.88. The van der Waals surface area contributed by atoms with Crippen LogP contribution in [0.4, 0.5) is 0 Å². The first kappa shape index (κ1) is 16.5. The van der Waals surface area contributed by atoms with Crippen LogP contribution in [0.5, 0.6) is 0 Å².